The normalized spacial score (nSPS) is 18.1. The summed E-state index contributed by atoms with van der Waals surface area (Å²) < 4.78 is 12.9. The number of carbonyl (C=O) groups is 2. The Labute approximate surface area is 240 Å². The van der Waals surface area contributed by atoms with Crippen LogP contribution in [0.25, 0.3) is 0 Å². The maximum Gasteiger partial charge on any atom is 0.414 e. The van der Waals surface area contributed by atoms with E-state index in [9.17, 15) is 0 Å². The van der Waals surface area contributed by atoms with E-state index in [-0.39, 0.29) is 11.7 Å². The lowest BCUT2D eigenvalue weighted by Crippen LogP contribution is -2.53. The summed E-state index contributed by atoms with van der Waals surface area (Å²) in [6.07, 6.45) is 4.35. The van der Waals surface area contributed by atoms with Crippen LogP contribution in [0, 0.1) is 0 Å². The molecule has 1 saturated heterocycles. The second kappa shape index (κ2) is 13.8. The molecule has 40 heavy (non-hydrogen) atoms. The molecule has 1 atom stereocenters. The van der Waals surface area contributed by atoms with Gasteiger partial charge in [0.2, 0.25) is 0 Å². The number of ether oxygens (including phenoxy) is 2. The molecule has 1 fully saturated rings. The molecule has 0 radical (unpaired) electrons. The minimum absolute atomic E-state index is 0.0256. The third kappa shape index (κ3) is 7.62. The van der Waals surface area contributed by atoms with Crippen LogP contribution in [0.1, 0.15) is 55.2 Å². The monoisotopic (exact) mass is 565 g/mol. The Balaban J connectivity index is 0.000000557. The maximum atomic E-state index is 9.10. The minimum Gasteiger partial charge on any atom is -0.487 e. The molecule has 8 heteroatoms. The van der Waals surface area contributed by atoms with Gasteiger partial charge in [-0.05, 0) is 68.5 Å². The van der Waals surface area contributed by atoms with Crippen molar-refractivity contribution in [3.05, 3.63) is 101 Å². The molecular formula is C32H36ClNO6. The zero-order valence-electron chi connectivity index (χ0n) is 22.7. The predicted octanol–water partition coefficient (Wildman–Crippen LogP) is 6.24. The molecule has 0 aliphatic carbocycles. The highest BCUT2D eigenvalue weighted by Gasteiger charge is 2.43. The van der Waals surface area contributed by atoms with Gasteiger partial charge in [-0.1, -0.05) is 72.3 Å². The van der Waals surface area contributed by atoms with Gasteiger partial charge in [-0.25, -0.2) is 9.59 Å². The van der Waals surface area contributed by atoms with E-state index in [2.05, 4.69) is 72.5 Å². The number of fused-ring (bicyclic) bond motifs is 1. The van der Waals surface area contributed by atoms with Crippen LogP contribution in [-0.4, -0.2) is 58.4 Å². The molecule has 5 rings (SSSR count). The van der Waals surface area contributed by atoms with E-state index in [1.165, 1.54) is 17.5 Å². The van der Waals surface area contributed by atoms with Gasteiger partial charge in [-0.15, -0.1) is 0 Å². The number of rotatable bonds is 6. The summed E-state index contributed by atoms with van der Waals surface area (Å²) in [4.78, 5) is 20.8. The molecule has 0 saturated carbocycles. The van der Waals surface area contributed by atoms with Crippen LogP contribution in [0.15, 0.2) is 78.9 Å². The highest BCUT2D eigenvalue weighted by atomic mass is 35.5. The lowest BCUT2D eigenvalue weighted by molar-refractivity contribution is -0.159. The minimum atomic E-state index is -1.82. The number of piperidine rings is 1. The third-order valence-electron chi connectivity index (χ3n) is 7.84. The van der Waals surface area contributed by atoms with Gasteiger partial charge < -0.3 is 24.6 Å². The van der Waals surface area contributed by atoms with Crippen LogP contribution in [0.3, 0.4) is 0 Å². The number of nitrogens with zero attached hydrogens (tertiary/aromatic N) is 1. The molecule has 1 unspecified atom stereocenters. The number of hydrogen-bond acceptors (Lipinski definition) is 5. The van der Waals surface area contributed by atoms with Gasteiger partial charge in [0.25, 0.3) is 0 Å². The number of carboxylic acid groups (broad SMARTS) is 2. The molecule has 2 aliphatic heterocycles. The van der Waals surface area contributed by atoms with Crippen molar-refractivity contribution < 1.29 is 29.3 Å². The fourth-order valence-corrected chi connectivity index (χ4v) is 5.73. The molecule has 1 spiro atoms. The molecule has 7 nitrogen and oxygen atoms in total. The first-order chi connectivity index (χ1) is 19.3. The average Bonchev–Trinajstić information content (AvgIpc) is 3.09. The van der Waals surface area contributed by atoms with Crippen molar-refractivity contribution in [3.63, 3.8) is 0 Å². The van der Waals surface area contributed by atoms with Crippen molar-refractivity contribution in [2.24, 2.45) is 0 Å². The number of benzene rings is 3. The van der Waals surface area contributed by atoms with Crippen LogP contribution in [0.2, 0.25) is 5.02 Å². The van der Waals surface area contributed by atoms with Crippen LogP contribution >= 0.6 is 11.6 Å². The molecule has 0 bridgehead atoms. The van der Waals surface area contributed by atoms with Crippen LogP contribution in [-0.2, 0) is 20.9 Å². The van der Waals surface area contributed by atoms with Gasteiger partial charge in [0.1, 0.15) is 17.5 Å². The van der Waals surface area contributed by atoms with Crippen LogP contribution in [0.4, 0.5) is 0 Å². The maximum absolute atomic E-state index is 9.10. The lowest BCUT2D eigenvalue weighted by Gasteiger charge is -2.43. The number of hydrogen-bond donors (Lipinski definition) is 2. The van der Waals surface area contributed by atoms with Crippen molar-refractivity contribution in [1.82, 2.24) is 4.90 Å². The summed E-state index contributed by atoms with van der Waals surface area (Å²) >= 11 is 6.19. The van der Waals surface area contributed by atoms with E-state index < -0.39 is 11.9 Å². The molecule has 2 aliphatic rings. The third-order valence-corrected chi connectivity index (χ3v) is 8.07. The number of likely N-dealkylation sites (tertiary alicyclic amines) is 1. The molecule has 0 amide bonds. The van der Waals surface area contributed by atoms with Crippen molar-refractivity contribution in [1.29, 1.82) is 0 Å². The molecule has 2 heterocycles. The van der Waals surface area contributed by atoms with Crippen molar-refractivity contribution in [2.75, 3.05) is 19.6 Å². The zero-order chi connectivity index (χ0) is 28.5. The second-order valence-corrected chi connectivity index (χ2v) is 10.8. The topological polar surface area (TPSA) is 96.3 Å². The highest BCUT2D eigenvalue weighted by molar-refractivity contribution is 6.30. The second-order valence-electron chi connectivity index (χ2n) is 10.3. The summed E-state index contributed by atoms with van der Waals surface area (Å²) in [5.41, 5.74) is 3.64. The Bertz CT molecular complexity index is 1210. The van der Waals surface area contributed by atoms with Gasteiger partial charge in [-0.3, -0.25) is 0 Å². The van der Waals surface area contributed by atoms with E-state index in [1.807, 2.05) is 18.2 Å². The number of halogens is 1. The van der Waals surface area contributed by atoms with Gasteiger partial charge >= 0.3 is 11.9 Å². The standard InChI is InChI=1S/C30H34ClNO2.C2H2O4/c1-23-30(33-22-26-21-27(31)14-15-29(26)34-23)16-19-32(20-17-30)18-8-13-28(24-9-4-2-5-10-24)25-11-6-3-7-12-25;3-1(4)2(5)6/h2-7,9-12,14-15,21,23,28H,8,13,16-20,22H2,1H3;(H,3,4)(H,5,6). The van der Waals surface area contributed by atoms with E-state index in [0.717, 1.165) is 55.2 Å². The van der Waals surface area contributed by atoms with Crippen LogP contribution < -0.4 is 4.74 Å². The van der Waals surface area contributed by atoms with Gasteiger partial charge in [0, 0.05) is 29.6 Å². The largest absolute Gasteiger partial charge is 0.487 e. The fourth-order valence-electron chi connectivity index (χ4n) is 5.53. The zero-order valence-corrected chi connectivity index (χ0v) is 23.4. The lowest BCUT2D eigenvalue weighted by atomic mass is 9.85. The molecule has 3 aromatic rings. The Kier molecular flexibility index (Phi) is 10.2. The predicted molar refractivity (Wildman–Crippen MR) is 154 cm³/mol. The first-order valence-electron chi connectivity index (χ1n) is 13.6. The average molecular weight is 566 g/mol. The Morgan fingerprint density at radius 3 is 2.08 bits per heavy atom. The summed E-state index contributed by atoms with van der Waals surface area (Å²) in [5, 5.41) is 15.5. The van der Waals surface area contributed by atoms with E-state index in [1.54, 1.807) is 0 Å². The van der Waals surface area contributed by atoms with Gasteiger partial charge in [0.05, 0.1) is 6.61 Å². The highest BCUT2D eigenvalue weighted by Crippen LogP contribution is 2.39. The van der Waals surface area contributed by atoms with Crippen LogP contribution in [0.5, 0.6) is 5.75 Å². The first-order valence-corrected chi connectivity index (χ1v) is 14.0. The van der Waals surface area contributed by atoms with Gasteiger partial charge in [0.15, 0.2) is 0 Å². The Morgan fingerprint density at radius 1 is 0.950 bits per heavy atom. The first kappa shape index (κ1) is 29.6. The number of carboxylic acids is 2. The SMILES string of the molecule is CC1Oc2ccc(Cl)cc2COC12CCN(CCCC(c1ccccc1)c1ccccc1)CC2.O=C(O)C(=O)O. The smallest absolute Gasteiger partial charge is 0.414 e. The van der Waals surface area contributed by atoms with Crippen molar-refractivity contribution >= 4 is 23.5 Å². The van der Waals surface area contributed by atoms with E-state index in [4.69, 9.17) is 40.9 Å². The van der Waals surface area contributed by atoms with E-state index in [0.29, 0.717) is 12.5 Å². The summed E-state index contributed by atoms with van der Waals surface area (Å²) in [7, 11) is 0. The summed E-state index contributed by atoms with van der Waals surface area (Å²) in [6, 6.07) is 27.7. The molecule has 212 valence electrons. The van der Waals surface area contributed by atoms with Gasteiger partial charge in [-0.2, -0.15) is 0 Å². The fraction of sp³-hybridized carbons (Fsp3) is 0.375. The van der Waals surface area contributed by atoms with Crippen molar-refractivity contribution in [2.45, 2.75) is 56.8 Å². The van der Waals surface area contributed by atoms with E-state index >= 15 is 0 Å². The molecular weight excluding hydrogens is 530 g/mol. The summed E-state index contributed by atoms with van der Waals surface area (Å²) in [6.45, 7) is 5.94. The molecule has 2 N–H and O–H groups in total. The quantitative estimate of drug-likeness (QED) is 0.341. The molecule has 0 aromatic heterocycles. The number of aliphatic carboxylic acids is 2. The Morgan fingerprint density at radius 2 is 1.52 bits per heavy atom. The summed E-state index contributed by atoms with van der Waals surface area (Å²) in [5.74, 6) is -2.29. The molecule has 3 aromatic carbocycles. The Hall–Kier alpha value is -3.39. The van der Waals surface area contributed by atoms with Crippen molar-refractivity contribution in [3.8, 4) is 5.75 Å².